The number of hydrogen-bond donors (Lipinski definition) is 1. The maximum Gasteiger partial charge on any atom is 0.303 e. The maximum atomic E-state index is 14.3. The number of rotatable bonds is 6. The Morgan fingerprint density at radius 3 is 2.85 bits per heavy atom. The van der Waals surface area contributed by atoms with E-state index in [9.17, 15) is 14.0 Å². The fourth-order valence-corrected chi connectivity index (χ4v) is 3.34. The number of aryl methyl sites for hydroxylation is 1. The largest absolute Gasteiger partial charge is 0.481 e. The van der Waals surface area contributed by atoms with Gasteiger partial charge in [-0.25, -0.2) is 9.07 Å². The lowest BCUT2D eigenvalue weighted by molar-refractivity contribution is -0.137. The molecular formula is C19H22FN3O3. The molecule has 138 valence electrons. The molecule has 6 nitrogen and oxygen atoms in total. The molecule has 26 heavy (non-hydrogen) atoms. The Kier molecular flexibility index (Phi) is 5.06. The van der Waals surface area contributed by atoms with Crippen LogP contribution in [-0.4, -0.2) is 45.3 Å². The van der Waals surface area contributed by atoms with Crippen LogP contribution in [-0.2, 0) is 17.6 Å². The van der Waals surface area contributed by atoms with Crippen LogP contribution in [0.2, 0.25) is 0 Å². The van der Waals surface area contributed by atoms with E-state index in [1.807, 2.05) is 6.92 Å². The fraction of sp³-hybridized carbons (Fsp3) is 0.421. The number of hydrogen-bond acceptors (Lipinski definition) is 3. The molecule has 1 aliphatic rings. The molecule has 3 rings (SSSR count). The highest BCUT2D eigenvalue weighted by Gasteiger charge is 2.29. The van der Waals surface area contributed by atoms with E-state index in [0.29, 0.717) is 24.3 Å². The fourth-order valence-electron chi connectivity index (χ4n) is 3.34. The number of fused-ring (bicyclic) bond motifs is 1. The molecule has 0 unspecified atom stereocenters. The van der Waals surface area contributed by atoms with Gasteiger partial charge in [0.2, 0.25) is 0 Å². The first kappa shape index (κ1) is 18.1. The topological polar surface area (TPSA) is 75.4 Å². The molecule has 1 heterocycles. The van der Waals surface area contributed by atoms with Crippen LogP contribution < -0.4 is 0 Å². The summed E-state index contributed by atoms with van der Waals surface area (Å²) in [4.78, 5) is 24.9. The van der Waals surface area contributed by atoms with Crippen LogP contribution in [0, 0.1) is 12.7 Å². The molecule has 1 amide bonds. The zero-order valence-corrected chi connectivity index (χ0v) is 15.0. The van der Waals surface area contributed by atoms with E-state index in [2.05, 4.69) is 5.10 Å². The van der Waals surface area contributed by atoms with E-state index in [-0.39, 0.29) is 18.1 Å². The zero-order valence-electron chi connectivity index (χ0n) is 15.0. The van der Waals surface area contributed by atoms with Crippen LogP contribution in [0.1, 0.15) is 46.6 Å². The molecule has 0 radical (unpaired) electrons. The molecule has 1 aromatic heterocycles. The second-order valence-electron chi connectivity index (χ2n) is 6.72. The Hall–Kier alpha value is -2.70. The van der Waals surface area contributed by atoms with E-state index in [1.54, 1.807) is 23.9 Å². The SMILES string of the molecule is Cc1ccc(F)c(-n2nc(C(=O)N(C)CCCC(=O)O)c3c2CCC3)c1. The summed E-state index contributed by atoms with van der Waals surface area (Å²) in [6.07, 6.45) is 2.80. The third-order valence-electron chi connectivity index (χ3n) is 4.69. The van der Waals surface area contributed by atoms with Gasteiger partial charge >= 0.3 is 5.97 Å². The molecule has 0 saturated heterocycles. The van der Waals surface area contributed by atoms with Gasteiger partial charge in [0.1, 0.15) is 11.5 Å². The molecule has 0 spiro atoms. The second-order valence-corrected chi connectivity index (χ2v) is 6.72. The predicted molar refractivity (Wildman–Crippen MR) is 94.1 cm³/mol. The van der Waals surface area contributed by atoms with Crippen LogP contribution in [0.25, 0.3) is 5.69 Å². The van der Waals surface area contributed by atoms with Crippen molar-refractivity contribution in [2.24, 2.45) is 0 Å². The lowest BCUT2D eigenvalue weighted by atomic mass is 10.1. The van der Waals surface area contributed by atoms with Gasteiger partial charge in [-0.2, -0.15) is 5.10 Å². The van der Waals surface area contributed by atoms with Gasteiger partial charge in [0.05, 0.1) is 0 Å². The molecule has 1 N–H and O–H groups in total. The smallest absolute Gasteiger partial charge is 0.303 e. The quantitative estimate of drug-likeness (QED) is 0.860. The van der Waals surface area contributed by atoms with Crippen molar-refractivity contribution in [3.8, 4) is 5.69 Å². The summed E-state index contributed by atoms with van der Waals surface area (Å²) in [6, 6.07) is 4.84. The van der Waals surface area contributed by atoms with Crippen LogP contribution in [0.4, 0.5) is 4.39 Å². The average Bonchev–Trinajstić information content (AvgIpc) is 3.18. The highest BCUT2D eigenvalue weighted by Crippen LogP contribution is 2.29. The summed E-state index contributed by atoms with van der Waals surface area (Å²) in [5.74, 6) is -1.51. The molecule has 0 atom stereocenters. The third kappa shape index (κ3) is 3.47. The summed E-state index contributed by atoms with van der Waals surface area (Å²) in [7, 11) is 1.64. The van der Waals surface area contributed by atoms with E-state index in [4.69, 9.17) is 5.11 Å². The van der Waals surface area contributed by atoms with Crippen LogP contribution in [0.5, 0.6) is 0 Å². The molecule has 1 aliphatic carbocycles. The summed E-state index contributed by atoms with van der Waals surface area (Å²) in [5, 5.41) is 13.2. The Morgan fingerprint density at radius 2 is 2.12 bits per heavy atom. The van der Waals surface area contributed by atoms with Crippen molar-refractivity contribution in [1.29, 1.82) is 0 Å². The first-order valence-electron chi connectivity index (χ1n) is 8.73. The van der Waals surface area contributed by atoms with Crippen LogP contribution >= 0.6 is 0 Å². The molecular weight excluding hydrogens is 337 g/mol. The minimum absolute atomic E-state index is 0.0126. The molecule has 0 aliphatic heterocycles. The third-order valence-corrected chi connectivity index (χ3v) is 4.69. The minimum atomic E-state index is -0.883. The number of amides is 1. The lowest BCUT2D eigenvalue weighted by Gasteiger charge is -2.15. The van der Waals surface area contributed by atoms with Gasteiger partial charge in [-0.3, -0.25) is 9.59 Å². The van der Waals surface area contributed by atoms with Crippen LogP contribution in [0.3, 0.4) is 0 Å². The van der Waals surface area contributed by atoms with Gasteiger partial charge < -0.3 is 10.0 Å². The molecule has 7 heteroatoms. The van der Waals surface area contributed by atoms with E-state index < -0.39 is 5.97 Å². The van der Waals surface area contributed by atoms with Crippen LogP contribution in [0.15, 0.2) is 18.2 Å². The maximum absolute atomic E-state index is 14.3. The number of aliphatic carboxylic acids is 1. The first-order valence-corrected chi connectivity index (χ1v) is 8.73. The van der Waals surface area contributed by atoms with Gasteiger partial charge in [-0.15, -0.1) is 0 Å². The number of carboxylic acid groups (broad SMARTS) is 1. The monoisotopic (exact) mass is 359 g/mol. The number of aromatic nitrogens is 2. The molecule has 2 aromatic rings. The Bertz CT molecular complexity index is 860. The molecule has 0 saturated carbocycles. The average molecular weight is 359 g/mol. The first-order chi connectivity index (χ1) is 12.4. The Balaban J connectivity index is 1.91. The van der Waals surface area contributed by atoms with E-state index >= 15 is 0 Å². The molecule has 0 bridgehead atoms. The number of nitrogens with zero attached hydrogens (tertiary/aromatic N) is 3. The Morgan fingerprint density at radius 1 is 1.35 bits per heavy atom. The van der Waals surface area contributed by atoms with Crippen molar-refractivity contribution < 1.29 is 19.1 Å². The van der Waals surface area contributed by atoms with Crippen molar-refractivity contribution in [3.63, 3.8) is 0 Å². The summed E-state index contributed by atoms with van der Waals surface area (Å²) >= 11 is 0. The molecule has 0 fully saturated rings. The minimum Gasteiger partial charge on any atom is -0.481 e. The summed E-state index contributed by atoms with van der Waals surface area (Å²) < 4.78 is 15.9. The number of halogens is 1. The molecule has 1 aromatic carbocycles. The van der Waals surface area contributed by atoms with Crippen molar-refractivity contribution >= 4 is 11.9 Å². The Labute approximate surface area is 151 Å². The van der Waals surface area contributed by atoms with Crippen molar-refractivity contribution in [2.45, 2.75) is 39.0 Å². The van der Waals surface area contributed by atoms with Gasteiger partial charge in [-0.1, -0.05) is 6.07 Å². The summed E-state index contributed by atoms with van der Waals surface area (Å²) in [5.41, 5.74) is 3.38. The highest BCUT2D eigenvalue weighted by atomic mass is 19.1. The van der Waals surface area contributed by atoms with E-state index in [1.165, 1.54) is 11.0 Å². The summed E-state index contributed by atoms with van der Waals surface area (Å²) in [6.45, 7) is 2.22. The number of benzene rings is 1. The number of carbonyl (C=O) groups excluding carboxylic acids is 1. The van der Waals surface area contributed by atoms with Gasteiger partial charge in [0, 0.05) is 31.3 Å². The van der Waals surface area contributed by atoms with E-state index in [0.717, 1.165) is 36.1 Å². The lowest BCUT2D eigenvalue weighted by Crippen LogP contribution is -2.29. The normalized spacial score (nSPS) is 12.9. The van der Waals surface area contributed by atoms with Crippen molar-refractivity contribution in [1.82, 2.24) is 14.7 Å². The number of carboxylic acids is 1. The predicted octanol–water partition coefficient (Wildman–Crippen LogP) is 2.75. The van der Waals surface area contributed by atoms with Gasteiger partial charge in [0.25, 0.3) is 5.91 Å². The highest BCUT2D eigenvalue weighted by molar-refractivity contribution is 5.94. The number of carbonyl (C=O) groups is 2. The van der Waals surface area contributed by atoms with Gasteiger partial charge in [-0.05, 0) is 50.3 Å². The zero-order chi connectivity index (χ0) is 18.8. The van der Waals surface area contributed by atoms with Crippen molar-refractivity contribution in [2.75, 3.05) is 13.6 Å². The second kappa shape index (κ2) is 7.27. The standard InChI is InChI=1S/C19H22FN3O3/c1-12-8-9-14(20)16(11-12)23-15-6-3-5-13(15)18(21-23)19(26)22(2)10-4-7-17(24)25/h8-9,11H,3-7,10H2,1-2H3,(H,24,25). The van der Waals surface area contributed by atoms with Crippen molar-refractivity contribution in [3.05, 3.63) is 46.5 Å². The van der Waals surface area contributed by atoms with Gasteiger partial charge in [0.15, 0.2) is 5.69 Å².